The number of carbonyl (C=O) groups is 1. The van der Waals surface area contributed by atoms with E-state index in [4.69, 9.17) is 0 Å². The summed E-state index contributed by atoms with van der Waals surface area (Å²) in [5, 5.41) is 0. The molecular formula is C7H4BrIO. The molecule has 0 saturated heterocycles. The highest BCUT2D eigenvalue weighted by Gasteiger charge is 2.02. The summed E-state index contributed by atoms with van der Waals surface area (Å²) in [6, 6.07) is 7.37. The number of benzene rings is 1. The van der Waals surface area contributed by atoms with Crippen molar-refractivity contribution in [3.05, 3.63) is 34.3 Å². The third kappa shape index (κ3) is 1.79. The fraction of sp³-hybridized carbons (Fsp3) is 0. The molecule has 0 atom stereocenters. The van der Waals surface area contributed by atoms with Crippen molar-refractivity contribution in [2.75, 3.05) is 0 Å². The highest BCUT2D eigenvalue weighted by molar-refractivity contribution is 14.1. The normalized spacial score (nSPS) is 9.40. The van der Waals surface area contributed by atoms with Gasteiger partial charge in [0.15, 0.2) is 0 Å². The van der Waals surface area contributed by atoms with Crippen LogP contribution in [-0.2, 0) is 0 Å². The average Bonchev–Trinajstić information content (AvgIpc) is 1.88. The van der Waals surface area contributed by atoms with Crippen LogP contribution in [0.1, 0.15) is 10.4 Å². The van der Waals surface area contributed by atoms with Crippen molar-refractivity contribution >= 4 is 42.3 Å². The Morgan fingerprint density at radius 3 is 2.40 bits per heavy atom. The number of halogens is 2. The van der Waals surface area contributed by atoms with Crippen LogP contribution in [0.3, 0.4) is 0 Å². The predicted octanol–water partition coefficient (Wildman–Crippen LogP) is 3.02. The number of hydrogen-bond acceptors (Lipinski definition) is 1. The first-order valence-electron chi connectivity index (χ1n) is 2.66. The molecule has 1 aromatic rings. The van der Waals surface area contributed by atoms with Gasteiger partial charge in [-0.2, -0.15) is 0 Å². The van der Waals surface area contributed by atoms with Gasteiger partial charge < -0.3 is 0 Å². The van der Waals surface area contributed by atoms with Crippen molar-refractivity contribution in [1.29, 1.82) is 0 Å². The fourth-order valence-corrected chi connectivity index (χ4v) is 1.93. The Bertz CT molecular complexity index is 260. The largest absolute Gasteiger partial charge is 0.282 e. The number of rotatable bonds is 1. The maximum atomic E-state index is 10.8. The van der Waals surface area contributed by atoms with Crippen molar-refractivity contribution in [2.24, 2.45) is 0 Å². The smallest absolute Gasteiger partial charge is 0.223 e. The van der Waals surface area contributed by atoms with Crippen LogP contribution in [0.25, 0.3) is 0 Å². The van der Waals surface area contributed by atoms with Crippen molar-refractivity contribution in [3.63, 3.8) is 0 Å². The summed E-state index contributed by atoms with van der Waals surface area (Å²) < 4.78 is 0.916. The lowest BCUT2D eigenvalue weighted by Crippen LogP contribution is -1.87. The van der Waals surface area contributed by atoms with Crippen molar-refractivity contribution in [2.45, 2.75) is 0 Å². The van der Waals surface area contributed by atoms with E-state index in [9.17, 15) is 4.79 Å². The molecule has 1 nitrogen and oxygen atoms in total. The summed E-state index contributed by atoms with van der Waals surface area (Å²) in [6.07, 6.45) is 0. The first kappa shape index (κ1) is 8.20. The van der Waals surface area contributed by atoms with Gasteiger partial charge in [-0.15, -0.1) is 0 Å². The fourth-order valence-electron chi connectivity index (χ4n) is 0.621. The minimum Gasteiger partial charge on any atom is -0.282 e. The Balaban J connectivity index is 3.15. The van der Waals surface area contributed by atoms with E-state index >= 15 is 0 Å². The van der Waals surface area contributed by atoms with Crippen LogP contribution in [0, 0.1) is 0 Å². The lowest BCUT2D eigenvalue weighted by atomic mass is 10.2. The second-order valence-corrected chi connectivity index (χ2v) is 3.59. The van der Waals surface area contributed by atoms with Gasteiger partial charge in [-0.05, 0) is 12.1 Å². The highest BCUT2D eigenvalue weighted by Crippen LogP contribution is 2.18. The van der Waals surface area contributed by atoms with E-state index in [0.29, 0.717) is 0 Å². The molecule has 0 N–H and O–H groups in total. The van der Waals surface area contributed by atoms with Gasteiger partial charge in [-0.25, -0.2) is 0 Å². The van der Waals surface area contributed by atoms with Gasteiger partial charge in [0.25, 0.3) is 0 Å². The molecule has 0 aliphatic rings. The van der Waals surface area contributed by atoms with Crippen molar-refractivity contribution in [1.82, 2.24) is 0 Å². The van der Waals surface area contributed by atoms with Crippen molar-refractivity contribution in [3.8, 4) is 0 Å². The van der Waals surface area contributed by atoms with Crippen LogP contribution < -0.4 is 0 Å². The van der Waals surface area contributed by atoms with E-state index in [1.807, 2.05) is 18.2 Å². The van der Waals surface area contributed by atoms with E-state index in [-0.39, 0.29) is 3.79 Å². The summed E-state index contributed by atoms with van der Waals surface area (Å²) in [4.78, 5) is 10.8. The van der Waals surface area contributed by atoms with Gasteiger partial charge in [0, 0.05) is 32.6 Å². The Morgan fingerprint density at radius 2 is 2.00 bits per heavy atom. The zero-order valence-corrected chi connectivity index (χ0v) is 8.72. The second kappa shape index (κ2) is 3.48. The summed E-state index contributed by atoms with van der Waals surface area (Å²) in [7, 11) is 0. The van der Waals surface area contributed by atoms with Gasteiger partial charge >= 0.3 is 0 Å². The lowest BCUT2D eigenvalue weighted by Gasteiger charge is -1.94. The molecule has 52 valence electrons. The summed E-state index contributed by atoms with van der Waals surface area (Å²) in [5.41, 5.74) is 0.725. The maximum Gasteiger partial charge on any atom is 0.223 e. The molecule has 0 aliphatic carbocycles. The molecule has 0 amide bonds. The molecule has 0 spiro atoms. The van der Waals surface area contributed by atoms with Gasteiger partial charge in [0.1, 0.15) is 0 Å². The van der Waals surface area contributed by atoms with Crippen molar-refractivity contribution < 1.29 is 4.79 Å². The number of hydrogen-bond donors (Lipinski definition) is 0. The molecule has 0 radical (unpaired) electrons. The molecule has 3 heteroatoms. The molecule has 1 rings (SSSR count). The summed E-state index contributed by atoms with van der Waals surface area (Å²) in [6.45, 7) is 0. The molecule has 1 aromatic carbocycles. The molecular weight excluding hydrogens is 307 g/mol. The van der Waals surface area contributed by atoms with Crippen LogP contribution >= 0.6 is 38.5 Å². The molecule has 0 unspecified atom stereocenters. The molecule has 0 fully saturated rings. The van der Waals surface area contributed by atoms with E-state index in [1.54, 1.807) is 28.7 Å². The Morgan fingerprint density at radius 1 is 1.40 bits per heavy atom. The third-order valence-corrected chi connectivity index (χ3v) is 2.36. The molecule has 0 heterocycles. The SMILES string of the molecule is O=C(I)c1ccccc1Br. The molecule has 0 aliphatic heterocycles. The minimum atomic E-state index is 0.0603. The van der Waals surface area contributed by atoms with E-state index in [1.165, 1.54) is 0 Å². The second-order valence-electron chi connectivity index (χ2n) is 1.75. The maximum absolute atomic E-state index is 10.8. The predicted molar refractivity (Wildman–Crippen MR) is 52.5 cm³/mol. The van der Waals surface area contributed by atoms with E-state index < -0.39 is 0 Å². The van der Waals surface area contributed by atoms with Crippen LogP contribution in [0.5, 0.6) is 0 Å². The topological polar surface area (TPSA) is 17.1 Å². The average molecular weight is 311 g/mol. The Kier molecular flexibility index (Phi) is 2.85. The summed E-state index contributed by atoms with van der Waals surface area (Å²) in [5.74, 6) is 0. The zero-order chi connectivity index (χ0) is 7.56. The zero-order valence-electron chi connectivity index (χ0n) is 4.97. The third-order valence-electron chi connectivity index (χ3n) is 1.09. The van der Waals surface area contributed by atoms with Gasteiger partial charge in [0.05, 0.1) is 0 Å². The molecule has 10 heavy (non-hydrogen) atoms. The minimum absolute atomic E-state index is 0.0603. The monoisotopic (exact) mass is 310 g/mol. The molecule has 0 bridgehead atoms. The van der Waals surface area contributed by atoms with Gasteiger partial charge in [-0.1, -0.05) is 28.1 Å². The van der Waals surface area contributed by atoms with Crippen LogP contribution in [0.15, 0.2) is 28.7 Å². The van der Waals surface area contributed by atoms with E-state index in [0.717, 1.165) is 10.0 Å². The van der Waals surface area contributed by atoms with Gasteiger partial charge in [-0.3, -0.25) is 4.79 Å². The molecule has 0 aromatic heterocycles. The Labute approximate surface area is 81.1 Å². The quantitative estimate of drug-likeness (QED) is 0.575. The van der Waals surface area contributed by atoms with Crippen LogP contribution in [-0.4, -0.2) is 3.79 Å². The highest BCUT2D eigenvalue weighted by atomic mass is 127. The standard InChI is InChI=1S/C7H4BrIO/c8-6-4-2-1-3-5(6)7(9)10/h1-4H. The first-order valence-corrected chi connectivity index (χ1v) is 4.53. The molecule has 0 saturated carbocycles. The van der Waals surface area contributed by atoms with Crippen LogP contribution in [0.2, 0.25) is 0 Å². The number of carbonyl (C=O) groups excluding carboxylic acids is 1. The summed E-state index contributed by atoms with van der Waals surface area (Å²) >= 11 is 5.04. The lowest BCUT2D eigenvalue weighted by molar-refractivity contribution is 0.110. The first-order chi connectivity index (χ1) is 4.72. The van der Waals surface area contributed by atoms with Crippen LogP contribution in [0.4, 0.5) is 0 Å². The van der Waals surface area contributed by atoms with Gasteiger partial charge in [0.2, 0.25) is 3.79 Å². The van der Waals surface area contributed by atoms with E-state index in [2.05, 4.69) is 15.9 Å². The Hall–Kier alpha value is 0.1000.